The van der Waals surface area contributed by atoms with E-state index < -0.39 is 24.3 Å². The molecule has 0 aliphatic heterocycles. The Morgan fingerprint density at radius 2 is 1.41 bits per heavy atom. The molecule has 0 spiro atoms. The van der Waals surface area contributed by atoms with E-state index in [1.807, 2.05) is 0 Å². The summed E-state index contributed by atoms with van der Waals surface area (Å²) in [5.74, 6) is -1.42. The Morgan fingerprint density at radius 3 is 1.92 bits per heavy atom. The predicted molar refractivity (Wildman–Crippen MR) is 136 cm³/mol. The van der Waals surface area contributed by atoms with Crippen LogP contribution in [0.3, 0.4) is 0 Å². The van der Waals surface area contributed by atoms with Crippen molar-refractivity contribution in [2.45, 2.75) is 18.6 Å². The highest BCUT2D eigenvalue weighted by Gasteiger charge is 2.50. The van der Waals surface area contributed by atoms with Gasteiger partial charge in [-0.3, -0.25) is 4.79 Å². The first kappa shape index (κ1) is 25.5. The summed E-state index contributed by atoms with van der Waals surface area (Å²) >= 11 is 0. The third-order valence-corrected chi connectivity index (χ3v) is 5.77. The minimum absolute atomic E-state index is 0.196. The molecule has 0 radical (unpaired) electrons. The van der Waals surface area contributed by atoms with E-state index in [0.29, 0.717) is 22.4 Å². The summed E-state index contributed by atoms with van der Waals surface area (Å²) in [5, 5.41) is 10.5. The fraction of sp³-hybridized carbons (Fsp3) is 0.172. The van der Waals surface area contributed by atoms with Crippen molar-refractivity contribution >= 4 is 11.8 Å². The van der Waals surface area contributed by atoms with Gasteiger partial charge in [-0.2, -0.15) is 4.98 Å². The van der Waals surface area contributed by atoms with Crippen molar-refractivity contribution in [3.8, 4) is 11.9 Å². The van der Waals surface area contributed by atoms with Crippen molar-refractivity contribution < 1.29 is 28.9 Å². The molecule has 1 heterocycles. The number of hydrogen-bond acceptors (Lipinski definition) is 7. The number of aliphatic carboxylic acids is 1. The standard InChI is InChI=1S/C29H26N2O6/c1-20-18-25(35-2)31-28(30-20)37-26(27(33)34)29(22-14-8-4-9-15-22,23-16-10-5-11-17-23)36-19-24(32)21-12-6-3-7-13-21/h3-18,26H,19H2,1-2H3,(H,33,34). The SMILES string of the molecule is COc1cc(C)nc(OC(C(=O)O)C(OCC(=O)c2ccccc2)(c2ccccc2)c2ccccc2)n1. The lowest BCUT2D eigenvalue weighted by atomic mass is 9.81. The third-order valence-electron chi connectivity index (χ3n) is 5.77. The number of carboxylic acids is 1. The highest BCUT2D eigenvalue weighted by molar-refractivity contribution is 5.97. The Balaban J connectivity index is 1.87. The highest BCUT2D eigenvalue weighted by atomic mass is 16.6. The molecule has 188 valence electrons. The average Bonchev–Trinajstić information content (AvgIpc) is 2.93. The topological polar surface area (TPSA) is 108 Å². The number of aryl methyl sites for hydroxylation is 1. The molecule has 1 atom stereocenters. The van der Waals surface area contributed by atoms with E-state index in [-0.39, 0.29) is 17.7 Å². The molecule has 1 N–H and O–H groups in total. The molecule has 0 amide bonds. The molecule has 0 bridgehead atoms. The van der Waals surface area contributed by atoms with E-state index in [1.165, 1.54) is 7.11 Å². The van der Waals surface area contributed by atoms with Crippen LogP contribution in [0.1, 0.15) is 27.2 Å². The van der Waals surface area contributed by atoms with Crippen molar-refractivity contribution in [2.24, 2.45) is 0 Å². The predicted octanol–water partition coefficient (Wildman–Crippen LogP) is 4.47. The van der Waals surface area contributed by atoms with Gasteiger partial charge >= 0.3 is 12.0 Å². The molecule has 4 rings (SSSR count). The molecule has 4 aromatic rings. The van der Waals surface area contributed by atoms with Gasteiger partial charge in [-0.25, -0.2) is 9.78 Å². The number of aromatic nitrogens is 2. The van der Waals surface area contributed by atoms with Crippen LogP contribution in [0.5, 0.6) is 11.9 Å². The minimum Gasteiger partial charge on any atom is -0.481 e. The minimum atomic E-state index is -1.74. The monoisotopic (exact) mass is 498 g/mol. The number of carbonyl (C=O) groups is 2. The normalized spacial score (nSPS) is 11.9. The number of nitrogens with zero attached hydrogens (tertiary/aromatic N) is 2. The number of benzene rings is 3. The summed E-state index contributed by atoms with van der Waals surface area (Å²) in [7, 11) is 1.44. The molecule has 0 saturated carbocycles. The summed E-state index contributed by atoms with van der Waals surface area (Å²) in [4.78, 5) is 34.4. The van der Waals surface area contributed by atoms with Gasteiger partial charge in [0.1, 0.15) is 6.61 Å². The summed E-state index contributed by atoms with van der Waals surface area (Å²) in [6.45, 7) is 1.31. The Morgan fingerprint density at radius 1 is 0.865 bits per heavy atom. The van der Waals surface area contributed by atoms with Crippen LogP contribution in [0.2, 0.25) is 0 Å². The van der Waals surface area contributed by atoms with Crippen LogP contribution in [-0.4, -0.2) is 46.6 Å². The van der Waals surface area contributed by atoms with E-state index in [2.05, 4.69) is 9.97 Å². The molecule has 0 fully saturated rings. The number of rotatable bonds is 11. The molecule has 0 aliphatic carbocycles. The van der Waals surface area contributed by atoms with Gasteiger partial charge in [-0.15, -0.1) is 0 Å². The summed E-state index contributed by atoms with van der Waals surface area (Å²) in [6.07, 6.45) is -1.67. The zero-order valence-electron chi connectivity index (χ0n) is 20.4. The van der Waals surface area contributed by atoms with E-state index >= 15 is 0 Å². The van der Waals surface area contributed by atoms with E-state index in [0.717, 1.165) is 0 Å². The number of Topliss-reactive ketones (excluding diaryl/α,β-unsaturated/α-hetero) is 1. The molecule has 1 aromatic heterocycles. The first-order valence-electron chi connectivity index (χ1n) is 11.6. The molecule has 3 aromatic carbocycles. The largest absolute Gasteiger partial charge is 0.481 e. The van der Waals surface area contributed by atoms with Crippen LogP contribution in [0.25, 0.3) is 0 Å². The van der Waals surface area contributed by atoms with Gasteiger partial charge in [0, 0.05) is 17.3 Å². The van der Waals surface area contributed by atoms with Gasteiger partial charge in [-0.1, -0.05) is 91.0 Å². The number of methoxy groups -OCH3 is 1. The Kier molecular flexibility index (Phi) is 7.90. The van der Waals surface area contributed by atoms with Crippen LogP contribution >= 0.6 is 0 Å². The molecule has 0 saturated heterocycles. The van der Waals surface area contributed by atoms with E-state index in [1.54, 1.807) is 104 Å². The average molecular weight is 499 g/mol. The van der Waals surface area contributed by atoms with Crippen molar-refractivity contribution in [2.75, 3.05) is 13.7 Å². The Labute approximate surface area is 214 Å². The van der Waals surface area contributed by atoms with Gasteiger partial charge in [0.05, 0.1) is 7.11 Å². The summed E-state index contributed by atoms with van der Waals surface area (Å²) in [6, 6.07) is 27.7. The van der Waals surface area contributed by atoms with E-state index in [4.69, 9.17) is 14.2 Å². The molecule has 37 heavy (non-hydrogen) atoms. The second kappa shape index (κ2) is 11.5. The van der Waals surface area contributed by atoms with Gasteiger partial charge < -0.3 is 19.3 Å². The van der Waals surface area contributed by atoms with Crippen molar-refractivity contribution in [3.63, 3.8) is 0 Å². The first-order chi connectivity index (χ1) is 17.9. The maximum Gasteiger partial charge on any atom is 0.348 e. The maximum atomic E-state index is 13.1. The van der Waals surface area contributed by atoms with E-state index in [9.17, 15) is 14.7 Å². The number of carbonyl (C=O) groups excluding carboxylic acids is 1. The molecule has 1 unspecified atom stereocenters. The van der Waals surface area contributed by atoms with Crippen LogP contribution in [0.15, 0.2) is 97.1 Å². The Hall–Kier alpha value is -4.56. The zero-order valence-corrected chi connectivity index (χ0v) is 20.4. The lowest BCUT2D eigenvalue weighted by molar-refractivity contribution is -0.162. The quantitative estimate of drug-likeness (QED) is 0.302. The smallest absolute Gasteiger partial charge is 0.348 e. The van der Waals surface area contributed by atoms with Gasteiger partial charge in [0.15, 0.2) is 11.4 Å². The third kappa shape index (κ3) is 5.65. The molecular formula is C29H26N2O6. The van der Waals surface area contributed by atoms with Crippen molar-refractivity contribution in [1.82, 2.24) is 9.97 Å². The maximum absolute atomic E-state index is 13.1. The van der Waals surface area contributed by atoms with Crippen LogP contribution in [-0.2, 0) is 15.1 Å². The van der Waals surface area contributed by atoms with Crippen molar-refractivity contribution in [3.05, 3.63) is 119 Å². The fourth-order valence-corrected chi connectivity index (χ4v) is 4.05. The van der Waals surface area contributed by atoms with Gasteiger partial charge in [0.2, 0.25) is 12.0 Å². The lowest BCUT2D eigenvalue weighted by Crippen LogP contribution is -2.52. The van der Waals surface area contributed by atoms with Crippen LogP contribution < -0.4 is 9.47 Å². The fourth-order valence-electron chi connectivity index (χ4n) is 4.05. The zero-order chi connectivity index (χ0) is 26.3. The van der Waals surface area contributed by atoms with Gasteiger partial charge in [0.25, 0.3) is 0 Å². The number of hydrogen-bond donors (Lipinski definition) is 1. The highest BCUT2D eigenvalue weighted by Crippen LogP contribution is 2.39. The lowest BCUT2D eigenvalue weighted by Gasteiger charge is -2.38. The number of carboxylic acid groups (broad SMARTS) is 1. The summed E-state index contributed by atoms with van der Waals surface area (Å²) < 4.78 is 17.5. The molecule has 8 heteroatoms. The summed E-state index contributed by atoms with van der Waals surface area (Å²) in [5.41, 5.74) is 0.190. The van der Waals surface area contributed by atoms with Gasteiger partial charge in [-0.05, 0) is 18.1 Å². The molecular weight excluding hydrogens is 472 g/mol. The second-order valence-corrected chi connectivity index (χ2v) is 8.22. The number of ether oxygens (including phenoxy) is 3. The van der Waals surface area contributed by atoms with Crippen LogP contribution in [0.4, 0.5) is 0 Å². The first-order valence-corrected chi connectivity index (χ1v) is 11.6. The van der Waals surface area contributed by atoms with Crippen molar-refractivity contribution in [1.29, 1.82) is 0 Å². The Bertz CT molecular complexity index is 1310. The molecule has 8 nitrogen and oxygen atoms in total. The molecule has 0 aliphatic rings. The second-order valence-electron chi connectivity index (χ2n) is 8.22. The van der Waals surface area contributed by atoms with Crippen LogP contribution in [0, 0.1) is 6.92 Å². The number of ketones is 1.